The number of carboxylic acid groups (broad SMARTS) is 1. The number of fused-ring (bicyclic) bond motifs is 1. The van der Waals surface area contributed by atoms with Gasteiger partial charge in [0.05, 0.1) is 6.20 Å². The largest absolute Gasteiger partial charge is 0.476 e. The fourth-order valence-electron chi connectivity index (χ4n) is 2.71. The Morgan fingerprint density at radius 2 is 2.19 bits per heavy atom. The first kappa shape index (κ1) is 13.5. The fraction of sp³-hybridized carbons (Fsp3) is 0.429. The summed E-state index contributed by atoms with van der Waals surface area (Å²) < 4.78 is 0. The van der Waals surface area contributed by atoms with Crippen LogP contribution in [0.25, 0.3) is 0 Å². The second-order valence-electron chi connectivity index (χ2n) is 6.15. The van der Waals surface area contributed by atoms with Crippen molar-refractivity contribution in [1.82, 2.24) is 20.4 Å². The molecular formula is C14H17N5O2. The van der Waals surface area contributed by atoms with Crippen LogP contribution in [0.5, 0.6) is 0 Å². The predicted molar refractivity (Wildman–Crippen MR) is 76.1 cm³/mol. The fourth-order valence-corrected chi connectivity index (χ4v) is 2.71. The zero-order valence-electron chi connectivity index (χ0n) is 12.0. The van der Waals surface area contributed by atoms with Crippen molar-refractivity contribution in [2.45, 2.75) is 26.8 Å². The molecule has 2 aromatic heterocycles. The average molecular weight is 287 g/mol. The van der Waals surface area contributed by atoms with Gasteiger partial charge in [-0.1, -0.05) is 13.8 Å². The molecule has 7 nitrogen and oxygen atoms in total. The van der Waals surface area contributed by atoms with E-state index < -0.39 is 5.97 Å². The topological polar surface area (TPSA) is 95.0 Å². The van der Waals surface area contributed by atoms with Crippen LogP contribution in [0.15, 0.2) is 18.3 Å². The summed E-state index contributed by atoms with van der Waals surface area (Å²) in [5.41, 5.74) is 2.31. The Morgan fingerprint density at radius 1 is 1.38 bits per heavy atom. The Hall–Kier alpha value is -2.44. The van der Waals surface area contributed by atoms with Crippen molar-refractivity contribution in [1.29, 1.82) is 0 Å². The summed E-state index contributed by atoms with van der Waals surface area (Å²) >= 11 is 0. The number of hydrogen-bond acceptors (Lipinski definition) is 5. The lowest BCUT2D eigenvalue weighted by atomic mass is 9.88. The van der Waals surface area contributed by atoms with Gasteiger partial charge in [0, 0.05) is 24.3 Å². The van der Waals surface area contributed by atoms with Gasteiger partial charge in [-0.2, -0.15) is 5.10 Å². The van der Waals surface area contributed by atoms with Crippen LogP contribution in [0.2, 0.25) is 0 Å². The highest BCUT2D eigenvalue weighted by atomic mass is 16.4. The van der Waals surface area contributed by atoms with Crippen molar-refractivity contribution < 1.29 is 9.90 Å². The maximum absolute atomic E-state index is 10.8. The number of aromatic carboxylic acids is 1. The van der Waals surface area contributed by atoms with Gasteiger partial charge in [-0.15, -0.1) is 10.2 Å². The normalized spacial score (nSPS) is 17.1. The summed E-state index contributed by atoms with van der Waals surface area (Å²) in [5, 5.41) is 23.9. The van der Waals surface area contributed by atoms with Crippen molar-refractivity contribution in [3.63, 3.8) is 0 Å². The van der Waals surface area contributed by atoms with E-state index in [1.54, 1.807) is 6.07 Å². The van der Waals surface area contributed by atoms with Crippen molar-refractivity contribution in [2.75, 3.05) is 11.4 Å². The summed E-state index contributed by atoms with van der Waals surface area (Å²) in [5.74, 6) is -0.385. The Labute approximate surface area is 122 Å². The number of hydrogen-bond donors (Lipinski definition) is 2. The molecule has 0 amide bonds. The van der Waals surface area contributed by atoms with E-state index >= 15 is 0 Å². The van der Waals surface area contributed by atoms with E-state index in [0.717, 1.165) is 24.2 Å². The van der Waals surface area contributed by atoms with Gasteiger partial charge in [0.15, 0.2) is 11.5 Å². The van der Waals surface area contributed by atoms with Gasteiger partial charge >= 0.3 is 5.97 Å². The maximum Gasteiger partial charge on any atom is 0.356 e. The molecule has 7 heteroatoms. The molecule has 3 heterocycles. The number of nitrogens with one attached hydrogen (secondary N) is 1. The SMILES string of the molecule is CC1(C)Cc2[nH]ncc2CN(c2ccc(C(=O)O)nn2)C1. The maximum atomic E-state index is 10.8. The lowest BCUT2D eigenvalue weighted by Crippen LogP contribution is -2.33. The third-order valence-corrected chi connectivity index (χ3v) is 3.64. The first-order valence-corrected chi connectivity index (χ1v) is 6.78. The molecule has 0 unspecified atom stereocenters. The van der Waals surface area contributed by atoms with E-state index in [0.29, 0.717) is 12.4 Å². The van der Waals surface area contributed by atoms with E-state index in [4.69, 9.17) is 5.11 Å². The lowest BCUT2D eigenvalue weighted by molar-refractivity contribution is 0.0689. The Morgan fingerprint density at radius 3 is 2.86 bits per heavy atom. The molecule has 3 rings (SSSR count). The molecule has 2 aromatic rings. The Kier molecular flexibility index (Phi) is 3.12. The van der Waals surface area contributed by atoms with Crippen LogP contribution in [0.4, 0.5) is 5.82 Å². The van der Waals surface area contributed by atoms with Gasteiger partial charge in [-0.05, 0) is 24.0 Å². The molecule has 0 saturated carbocycles. The molecule has 0 radical (unpaired) electrons. The van der Waals surface area contributed by atoms with Gasteiger partial charge in [0.25, 0.3) is 0 Å². The number of anilines is 1. The molecule has 2 N–H and O–H groups in total. The number of aromatic nitrogens is 4. The van der Waals surface area contributed by atoms with Crippen molar-refractivity contribution in [3.05, 3.63) is 35.3 Å². The minimum absolute atomic E-state index is 0.0446. The number of carbonyl (C=O) groups is 1. The molecule has 1 aliphatic rings. The van der Waals surface area contributed by atoms with Crippen molar-refractivity contribution in [3.8, 4) is 0 Å². The molecule has 0 aromatic carbocycles. The highest BCUT2D eigenvalue weighted by Crippen LogP contribution is 2.30. The third-order valence-electron chi connectivity index (χ3n) is 3.64. The van der Waals surface area contributed by atoms with Gasteiger partial charge in [0.2, 0.25) is 0 Å². The van der Waals surface area contributed by atoms with E-state index in [1.807, 2.05) is 6.20 Å². The number of aromatic amines is 1. The number of carboxylic acids is 1. The highest BCUT2D eigenvalue weighted by molar-refractivity contribution is 5.85. The summed E-state index contributed by atoms with van der Waals surface area (Å²) in [6, 6.07) is 3.19. The van der Waals surface area contributed by atoms with Crippen LogP contribution in [0.3, 0.4) is 0 Å². The molecule has 0 saturated heterocycles. The van der Waals surface area contributed by atoms with Crippen LogP contribution in [-0.2, 0) is 13.0 Å². The van der Waals surface area contributed by atoms with Gasteiger partial charge in [0.1, 0.15) is 0 Å². The summed E-state index contributed by atoms with van der Waals surface area (Å²) in [6.45, 7) is 5.89. The smallest absolute Gasteiger partial charge is 0.356 e. The van der Waals surface area contributed by atoms with Crippen LogP contribution >= 0.6 is 0 Å². The van der Waals surface area contributed by atoms with Gasteiger partial charge in [-0.25, -0.2) is 4.79 Å². The molecule has 21 heavy (non-hydrogen) atoms. The molecule has 0 fully saturated rings. The summed E-state index contributed by atoms with van der Waals surface area (Å²) in [7, 11) is 0. The number of H-pyrrole nitrogens is 1. The molecule has 0 aliphatic carbocycles. The zero-order valence-corrected chi connectivity index (χ0v) is 12.0. The standard InChI is InChI=1S/C14H17N5O2/c1-14(2)5-11-9(6-15-16-11)7-19(8-14)12-4-3-10(13(20)21)17-18-12/h3-4,6H,5,7-8H2,1-2H3,(H,15,16)(H,20,21). The lowest BCUT2D eigenvalue weighted by Gasteiger charge is -2.30. The first-order valence-electron chi connectivity index (χ1n) is 6.78. The number of nitrogens with zero attached hydrogens (tertiary/aromatic N) is 4. The minimum atomic E-state index is -1.07. The minimum Gasteiger partial charge on any atom is -0.476 e. The predicted octanol–water partition coefficient (Wildman–Crippen LogP) is 1.49. The molecule has 1 aliphatic heterocycles. The highest BCUT2D eigenvalue weighted by Gasteiger charge is 2.29. The third kappa shape index (κ3) is 2.72. The van der Waals surface area contributed by atoms with Crippen LogP contribution in [-0.4, -0.2) is 38.0 Å². The van der Waals surface area contributed by atoms with Crippen LogP contribution in [0.1, 0.15) is 35.6 Å². The first-order chi connectivity index (χ1) is 9.94. The Bertz CT molecular complexity index is 662. The van der Waals surface area contributed by atoms with Gasteiger partial charge in [-0.3, -0.25) is 5.10 Å². The van der Waals surface area contributed by atoms with E-state index in [2.05, 4.69) is 39.1 Å². The zero-order chi connectivity index (χ0) is 15.0. The second kappa shape index (κ2) is 4.83. The van der Waals surface area contributed by atoms with E-state index in [9.17, 15) is 4.79 Å². The number of rotatable bonds is 2. The molecule has 0 atom stereocenters. The quantitative estimate of drug-likeness (QED) is 0.869. The average Bonchev–Trinajstić information content (AvgIpc) is 2.79. The molecular weight excluding hydrogens is 270 g/mol. The van der Waals surface area contributed by atoms with Crippen molar-refractivity contribution >= 4 is 11.8 Å². The molecule has 0 bridgehead atoms. The van der Waals surface area contributed by atoms with Crippen LogP contribution in [0, 0.1) is 5.41 Å². The van der Waals surface area contributed by atoms with Crippen LogP contribution < -0.4 is 4.90 Å². The Balaban J connectivity index is 1.92. The molecule has 110 valence electrons. The monoisotopic (exact) mass is 287 g/mol. The summed E-state index contributed by atoms with van der Waals surface area (Å²) in [6.07, 6.45) is 2.75. The summed E-state index contributed by atoms with van der Waals surface area (Å²) in [4.78, 5) is 13.0. The van der Waals surface area contributed by atoms with E-state index in [1.165, 1.54) is 6.07 Å². The van der Waals surface area contributed by atoms with Crippen molar-refractivity contribution in [2.24, 2.45) is 5.41 Å². The second-order valence-corrected chi connectivity index (χ2v) is 6.15. The van der Waals surface area contributed by atoms with E-state index in [-0.39, 0.29) is 11.1 Å². The van der Waals surface area contributed by atoms with Gasteiger partial charge < -0.3 is 10.0 Å². The molecule has 0 spiro atoms.